The van der Waals surface area contributed by atoms with E-state index in [0.717, 1.165) is 27.7 Å². The van der Waals surface area contributed by atoms with E-state index in [0.29, 0.717) is 22.8 Å². The summed E-state index contributed by atoms with van der Waals surface area (Å²) in [6.45, 7) is 3.94. The standard InChI is InChI=1S/C24H20N6O3/c1-15-22(16(2)33-27-15)13-32-23-11-18-7-4-3-6-17(18)10-21(23)24(31)26-19-8-5-9-20(12-19)30-14-25-28-29-30/h3-12,14H,13H2,1-2H3,(H,26,31). The van der Waals surface area contributed by atoms with Crippen molar-refractivity contribution in [3.05, 3.63) is 89.6 Å². The predicted octanol–water partition coefficient (Wildman–Crippen LogP) is 4.25. The van der Waals surface area contributed by atoms with E-state index < -0.39 is 0 Å². The van der Waals surface area contributed by atoms with Gasteiger partial charge in [-0.3, -0.25) is 4.79 Å². The number of anilines is 1. The molecule has 3 aromatic carbocycles. The maximum atomic E-state index is 13.3. The maximum absolute atomic E-state index is 13.3. The number of hydrogen-bond donors (Lipinski definition) is 1. The van der Waals surface area contributed by atoms with Gasteiger partial charge in [0.1, 0.15) is 24.4 Å². The van der Waals surface area contributed by atoms with E-state index >= 15 is 0 Å². The number of carbonyl (C=O) groups is 1. The Bertz CT molecular complexity index is 1420. The average Bonchev–Trinajstić information content (AvgIpc) is 3.48. The highest BCUT2D eigenvalue weighted by molar-refractivity contribution is 6.08. The predicted molar refractivity (Wildman–Crippen MR) is 121 cm³/mol. The van der Waals surface area contributed by atoms with Gasteiger partial charge in [-0.1, -0.05) is 35.5 Å². The summed E-state index contributed by atoms with van der Waals surface area (Å²) in [6.07, 6.45) is 1.49. The van der Waals surface area contributed by atoms with Gasteiger partial charge in [0, 0.05) is 5.69 Å². The number of benzene rings is 3. The number of ether oxygens (including phenoxy) is 1. The second kappa shape index (κ2) is 8.54. The lowest BCUT2D eigenvalue weighted by atomic mass is 10.0. The number of aryl methyl sites for hydroxylation is 2. The molecule has 2 aromatic heterocycles. The zero-order valence-electron chi connectivity index (χ0n) is 18.0. The Balaban J connectivity index is 1.46. The number of fused-ring (bicyclic) bond motifs is 1. The molecule has 164 valence electrons. The lowest BCUT2D eigenvalue weighted by molar-refractivity contribution is 0.102. The zero-order valence-corrected chi connectivity index (χ0v) is 18.0. The number of rotatable bonds is 6. The third-order valence-corrected chi connectivity index (χ3v) is 5.36. The first kappa shape index (κ1) is 20.4. The lowest BCUT2D eigenvalue weighted by Crippen LogP contribution is -2.14. The third kappa shape index (κ3) is 4.16. The molecule has 0 radical (unpaired) electrons. The van der Waals surface area contributed by atoms with Crippen LogP contribution in [0.5, 0.6) is 5.75 Å². The van der Waals surface area contributed by atoms with Crippen molar-refractivity contribution in [2.75, 3.05) is 5.32 Å². The van der Waals surface area contributed by atoms with Crippen molar-refractivity contribution >= 4 is 22.4 Å². The topological polar surface area (TPSA) is 108 Å². The van der Waals surface area contributed by atoms with Crippen molar-refractivity contribution in [3.8, 4) is 11.4 Å². The van der Waals surface area contributed by atoms with Crippen LogP contribution in [-0.4, -0.2) is 31.3 Å². The molecule has 0 aliphatic heterocycles. The van der Waals surface area contributed by atoms with Crippen LogP contribution in [0, 0.1) is 13.8 Å². The van der Waals surface area contributed by atoms with Gasteiger partial charge in [0.05, 0.1) is 22.5 Å². The van der Waals surface area contributed by atoms with E-state index in [1.54, 1.807) is 12.1 Å². The Labute approximate surface area is 189 Å². The summed E-state index contributed by atoms with van der Waals surface area (Å²) >= 11 is 0. The first-order chi connectivity index (χ1) is 16.1. The fourth-order valence-corrected chi connectivity index (χ4v) is 3.58. The molecule has 1 amide bonds. The van der Waals surface area contributed by atoms with Crippen LogP contribution < -0.4 is 10.1 Å². The van der Waals surface area contributed by atoms with Gasteiger partial charge in [0.2, 0.25) is 0 Å². The van der Waals surface area contributed by atoms with E-state index in [1.165, 1.54) is 11.0 Å². The average molecular weight is 440 g/mol. The summed E-state index contributed by atoms with van der Waals surface area (Å²) in [6, 6.07) is 18.8. The number of carbonyl (C=O) groups excluding carboxylic acids is 1. The fraction of sp³-hybridized carbons (Fsp3) is 0.125. The molecule has 5 rings (SSSR count). The van der Waals surface area contributed by atoms with Gasteiger partial charge in [-0.05, 0) is 65.4 Å². The Hall–Kier alpha value is -4.53. The van der Waals surface area contributed by atoms with Crippen molar-refractivity contribution in [2.24, 2.45) is 0 Å². The molecule has 0 bridgehead atoms. The lowest BCUT2D eigenvalue weighted by Gasteiger charge is -2.14. The number of aromatic nitrogens is 5. The quantitative estimate of drug-likeness (QED) is 0.420. The van der Waals surface area contributed by atoms with Crippen LogP contribution in [0.25, 0.3) is 16.5 Å². The van der Waals surface area contributed by atoms with Gasteiger partial charge < -0.3 is 14.6 Å². The van der Waals surface area contributed by atoms with E-state index in [4.69, 9.17) is 9.26 Å². The molecule has 5 aromatic rings. The first-order valence-electron chi connectivity index (χ1n) is 10.3. The van der Waals surface area contributed by atoms with Gasteiger partial charge >= 0.3 is 0 Å². The largest absolute Gasteiger partial charge is 0.488 e. The van der Waals surface area contributed by atoms with E-state index in [9.17, 15) is 4.79 Å². The molecule has 1 N–H and O–H groups in total. The van der Waals surface area contributed by atoms with Crippen LogP contribution in [-0.2, 0) is 6.61 Å². The second-order valence-corrected chi connectivity index (χ2v) is 7.55. The number of nitrogens with zero attached hydrogens (tertiary/aromatic N) is 5. The highest BCUT2D eigenvalue weighted by Gasteiger charge is 2.17. The summed E-state index contributed by atoms with van der Waals surface area (Å²) in [5.74, 6) is 0.880. The molecule has 0 saturated heterocycles. The molecule has 9 heteroatoms. The van der Waals surface area contributed by atoms with Crippen LogP contribution in [0.3, 0.4) is 0 Å². The van der Waals surface area contributed by atoms with Gasteiger partial charge in [-0.15, -0.1) is 5.10 Å². The Kier molecular flexibility index (Phi) is 5.27. The molecule has 0 unspecified atom stereocenters. The van der Waals surface area contributed by atoms with Crippen molar-refractivity contribution < 1.29 is 14.1 Å². The molecule has 0 fully saturated rings. The van der Waals surface area contributed by atoms with Gasteiger partial charge in [0.15, 0.2) is 0 Å². The molecular weight excluding hydrogens is 420 g/mol. The Morgan fingerprint density at radius 1 is 1.06 bits per heavy atom. The molecule has 33 heavy (non-hydrogen) atoms. The number of hydrogen-bond acceptors (Lipinski definition) is 7. The van der Waals surface area contributed by atoms with Gasteiger partial charge in [0.25, 0.3) is 5.91 Å². The summed E-state index contributed by atoms with van der Waals surface area (Å²) in [5, 5.41) is 20.0. The molecule has 0 aliphatic carbocycles. The van der Waals surface area contributed by atoms with Crippen LogP contribution in [0.1, 0.15) is 27.4 Å². The monoisotopic (exact) mass is 440 g/mol. The van der Waals surface area contributed by atoms with Crippen LogP contribution in [0.15, 0.2) is 71.5 Å². The Morgan fingerprint density at radius 3 is 2.61 bits per heavy atom. The minimum atomic E-state index is -0.289. The van der Waals surface area contributed by atoms with Gasteiger partial charge in [-0.2, -0.15) is 0 Å². The van der Waals surface area contributed by atoms with Crippen molar-refractivity contribution in [1.29, 1.82) is 0 Å². The van der Waals surface area contributed by atoms with Gasteiger partial charge in [-0.25, -0.2) is 4.68 Å². The molecule has 0 spiro atoms. The molecule has 2 heterocycles. The number of amides is 1. The molecule has 0 saturated carbocycles. The third-order valence-electron chi connectivity index (χ3n) is 5.36. The SMILES string of the molecule is Cc1noc(C)c1COc1cc2ccccc2cc1C(=O)Nc1cccc(-n2cnnn2)c1. The fourth-order valence-electron chi connectivity index (χ4n) is 3.58. The maximum Gasteiger partial charge on any atom is 0.259 e. The zero-order chi connectivity index (χ0) is 22.8. The van der Waals surface area contributed by atoms with Crippen molar-refractivity contribution in [2.45, 2.75) is 20.5 Å². The summed E-state index contributed by atoms with van der Waals surface area (Å²) in [5.41, 5.74) is 3.39. The molecule has 0 atom stereocenters. The number of nitrogens with one attached hydrogen (secondary N) is 1. The Morgan fingerprint density at radius 2 is 1.88 bits per heavy atom. The van der Waals surface area contributed by atoms with Crippen LogP contribution in [0.2, 0.25) is 0 Å². The summed E-state index contributed by atoms with van der Waals surface area (Å²) in [4.78, 5) is 13.3. The highest BCUT2D eigenvalue weighted by atomic mass is 16.5. The minimum absolute atomic E-state index is 0.245. The summed E-state index contributed by atoms with van der Waals surface area (Å²) < 4.78 is 12.8. The second-order valence-electron chi connectivity index (χ2n) is 7.55. The van der Waals surface area contributed by atoms with E-state index in [2.05, 4.69) is 26.0 Å². The normalized spacial score (nSPS) is 11.0. The summed E-state index contributed by atoms with van der Waals surface area (Å²) in [7, 11) is 0. The van der Waals surface area contributed by atoms with Crippen LogP contribution in [0.4, 0.5) is 5.69 Å². The molecular formula is C24H20N6O3. The molecule has 9 nitrogen and oxygen atoms in total. The highest BCUT2D eigenvalue weighted by Crippen LogP contribution is 2.29. The smallest absolute Gasteiger partial charge is 0.259 e. The van der Waals surface area contributed by atoms with E-state index in [-0.39, 0.29) is 12.5 Å². The number of tetrazole rings is 1. The van der Waals surface area contributed by atoms with Crippen LogP contribution >= 0.6 is 0 Å². The van der Waals surface area contributed by atoms with E-state index in [1.807, 2.05) is 62.4 Å². The molecule has 0 aliphatic rings. The van der Waals surface area contributed by atoms with Crippen molar-refractivity contribution in [1.82, 2.24) is 25.4 Å². The minimum Gasteiger partial charge on any atom is -0.488 e. The van der Waals surface area contributed by atoms with Crippen molar-refractivity contribution in [3.63, 3.8) is 0 Å². The first-order valence-corrected chi connectivity index (χ1v) is 10.3.